The van der Waals surface area contributed by atoms with Gasteiger partial charge < -0.3 is 19.5 Å². The molecule has 0 bridgehead atoms. The molecule has 4 heterocycles. The van der Waals surface area contributed by atoms with Gasteiger partial charge in [-0.1, -0.05) is 0 Å². The lowest BCUT2D eigenvalue weighted by Crippen LogP contribution is -2.33. The molecule has 3 aromatic rings. The Morgan fingerprint density at radius 2 is 1.68 bits per heavy atom. The topological polar surface area (TPSA) is 137 Å². The third-order valence-electron chi connectivity index (χ3n) is 5.54. The molecule has 0 radical (unpaired) electrons. The molecule has 0 atom stereocenters. The summed E-state index contributed by atoms with van der Waals surface area (Å²) < 4.78 is 2.01. The van der Waals surface area contributed by atoms with E-state index in [9.17, 15) is 9.59 Å². The Morgan fingerprint density at radius 1 is 0.968 bits per heavy atom. The molecule has 1 aromatic carbocycles. The Labute approximate surface area is 177 Å². The van der Waals surface area contributed by atoms with Crippen LogP contribution >= 0.6 is 0 Å². The zero-order valence-corrected chi connectivity index (χ0v) is 16.9. The van der Waals surface area contributed by atoms with Crippen LogP contribution in [0.1, 0.15) is 39.5 Å². The number of imidazole rings is 1. The van der Waals surface area contributed by atoms with Gasteiger partial charge in [0.1, 0.15) is 22.6 Å². The summed E-state index contributed by atoms with van der Waals surface area (Å²) in [6.45, 7) is 3.17. The molecule has 2 amide bonds. The number of amides is 2. The number of nitrogens with one attached hydrogen (secondary N) is 1. The monoisotopic (exact) mass is 425 g/mol. The molecular formula is C20H23N7O4. The van der Waals surface area contributed by atoms with Crippen LogP contribution in [0.3, 0.4) is 0 Å². The highest BCUT2D eigenvalue weighted by Crippen LogP contribution is 2.17. The normalized spacial score (nSPS) is 15.7. The van der Waals surface area contributed by atoms with Gasteiger partial charge in [-0.25, -0.2) is 4.98 Å². The number of hydrogen-bond acceptors (Lipinski definition) is 6. The molecule has 2 aromatic heterocycles. The van der Waals surface area contributed by atoms with E-state index in [4.69, 9.17) is 9.90 Å². The maximum atomic E-state index is 12.9. The molecule has 2 aliphatic heterocycles. The largest absolute Gasteiger partial charge is 0.483 e. The number of benzene rings is 1. The molecule has 11 nitrogen and oxygen atoms in total. The van der Waals surface area contributed by atoms with Crippen molar-refractivity contribution >= 4 is 29.3 Å². The Balaban J connectivity index is 0.000000730. The summed E-state index contributed by atoms with van der Waals surface area (Å²) in [4.78, 5) is 42.1. The number of aromatic nitrogens is 5. The van der Waals surface area contributed by atoms with Crippen LogP contribution in [0.5, 0.6) is 0 Å². The number of rotatable bonds is 2. The van der Waals surface area contributed by atoms with Crippen LogP contribution in [0.2, 0.25) is 0 Å². The number of likely N-dealkylation sites (tertiary alicyclic amines) is 1. The molecule has 0 saturated carbocycles. The van der Waals surface area contributed by atoms with Crippen molar-refractivity contribution in [1.29, 1.82) is 0 Å². The van der Waals surface area contributed by atoms with Crippen LogP contribution in [0.4, 0.5) is 0 Å². The van der Waals surface area contributed by atoms with Crippen molar-refractivity contribution < 1.29 is 19.5 Å². The van der Waals surface area contributed by atoms with Crippen molar-refractivity contribution in [1.82, 2.24) is 34.8 Å². The van der Waals surface area contributed by atoms with Crippen LogP contribution in [0, 0.1) is 0 Å². The average molecular weight is 425 g/mol. The van der Waals surface area contributed by atoms with Crippen LogP contribution in [0.25, 0.3) is 11.0 Å². The molecule has 0 spiro atoms. The fraction of sp³-hybridized carbons (Fsp3) is 0.400. The van der Waals surface area contributed by atoms with Gasteiger partial charge >= 0.3 is 0 Å². The van der Waals surface area contributed by atoms with Crippen molar-refractivity contribution in [2.45, 2.75) is 25.8 Å². The van der Waals surface area contributed by atoms with Gasteiger partial charge in [0.2, 0.25) is 0 Å². The predicted molar refractivity (Wildman–Crippen MR) is 110 cm³/mol. The minimum atomic E-state index is -0.250. The second kappa shape index (κ2) is 8.94. The molecular weight excluding hydrogens is 402 g/mol. The predicted octanol–water partition coefficient (Wildman–Crippen LogP) is 0.790. The highest BCUT2D eigenvalue weighted by atomic mass is 16.3. The van der Waals surface area contributed by atoms with E-state index in [2.05, 4.69) is 20.4 Å². The number of aromatic amines is 1. The van der Waals surface area contributed by atoms with E-state index >= 15 is 0 Å². The number of carbonyl (C=O) groups excluding carboxylic acids is 2. The Hall–Kier alpha value is -3.76. The maximum absolute atomic E-state index is 12.9. The Kier molecular flexibility index (Phi) is 5.92. The van der Waals surface area contributed by atoms with Gasteiger partial charge in [0.05, 0.1) is 0 Å². The lowest BCUT2D eigenvalue weighted by Gasteiger charge is -2.20. The van der Waals surface area contributed by atoms with Crippen molar-refractivity contribution in [2.24, 2.45) is 0 Å². The second-order valence-corrected chi connectivity index (χ2v) is 7.41. The zero-order valence-electron chi connectivity index (χ0n) is 16.9. The highest BCUT2D eigenvalue weighted by Gasteiger charge is 2.25. The first-order valence-corrected chi connectivity index (χ1v) is 10.1. The van der Waals surface area contributed by atoms with Gasteiger partial charge in [-0.3, -0.25) is 14.4 Å². The number of H-pyrrole nitrogens is 1. The quantitative estimate of drug-likeness (QED) is 0.579. The first kappa shape index (κ1) is 20.5. The van der Waals surface area contributed by atoms with Crippen molar-refractivity contribution in [3.63, 3.8) is 0 Å². The standard InChI is InChI=1S/C19H21N7O2.CH2O2/c27-18(13-3-4-14-15(11-13)22-23-21-14)25-8-5-17-20-16(12-26(17)10-9-25)19(28)24-6-1-2-7-24;2-1-3/h3-4,11-12H,1-2,5-10H2,(H,21,22,23);1H,(H,2,3). The lowest BCUT2D eigenvalue weighted by atomic mass is 10.1. The van der Waals surface area contributed by atoms with E-state index in [1.54, 1.807) is 18.2 Å². The maximum Gasteiger partial charge on any atom is 0.290 e. The minimum Gasteiger partial charge on any atom is -0.483 e. The summed E-state index contributed by atoms with van der Waals surface area (Å²) in [5.74, 6) is 0.862. The molecule has 31 heavy (non-hydrogen) atoms. The second-order valence-electron chi connectivity index (χ2n) is 7.41. The van der Waals surface area contributed by atoms with E-state index in [1.807, 2.05) is 20.6 Å². The third kappa shape index (κ3) is 4.25. The van der Waals surface area contributed by atoms with Gasteiger partial charge in [-0.05, 0) is 31.0 Å². The summed E-state index contributed by atoms with van der Waals surface area (Å²) >= 11 is 0. The SMILES string of the molecule is O=C(c1ccc2n[nH]nc2c1)N1CCc2nc(C(=O)N3CCCC3)cn2CC1.O=CO. The van der Waals surface area contributed by atoms with Gasteiger partial charge in [-0.2, -0.15) is 15.4 Å². The van der Waals surface area contributed by atoms with E-state index in [0.717, 1.165) is 37.3 Å². The smallest absolute Gasteiger partial charge is 0.290 e. The number of hydrogen-bond donors (Lipinski definition) is 2. The van der Waals surface area contributed by atoms with E-state index in [-0.39, 0.29) is 18.3 Å². The van der Waals surface area contributed by atoms with Gasteiger partial charge in [-0.15, -0.1) is 0 Å². The van der Waals surface area contributed by atoms with Crippen LogP contribution in [-0.2, 0) is 17.8 Å². The zero-order chi connectivity index (χ0) is 21.8. The van der Waals surface area contributed by atoms with E-state index < -0.39 is 0 Å². The fourth-order valence-corrected chi connectivity index (χ4v) is 3.97. The van der Waals surface area contributed by atoms with Crippen molar-refractivity contribution in [2.75, 3.05) is 26.2 Å². The molecule has 0 aliphatic carbocycles. The summed E-state index contributed by atoms with van der Waals surface area (Å²) in [6.07, 6.45) is 4.60. The van der Waals surface area contributed by atoms with Crippen molar-refractivity contribution in [3.05, 3.63) is 41.5 Å². The molecule has 5 rings (SSSR count). The molecule has 0 unspecified atom stereocenters. The van der Waals surface area contributed by atoms with Crippen LogP contribution in [0.15, 0.2) is 24.4 Å². The molecule has 2 N–H and O–H groups in total. The molecule has 1 fully saturated rings. The first-order chi connectivity index (χ1) is 15.1. The van der Waals surface area contributed by atoms with Gasteiger partial charge in [0, 0.05) is 50.9 Å². The van der Waals surface area contributed by atoms with Crippen LogP contribution < -0.4 is 0 Å². The van der Waals surface area contributed by atoms with E-state index in [1.165, 1.54) is 0 Å². The summed E-state index contributed by atoms with van der Waals surface area (Å²) in [6, 6.07) is 5.34. The molecule has 11 heteroatoms. The number of carboxylic acid groups (broad SMARTS) is 1. The first-order valence-electron chi connectivity index (χ1n) is 10.1. The van der Waals surface area contributed by atoms with Gasteiger partial charge in [0.25, 0.3) is 18.3 Å². The lowest BCUT2D eigenvalue weighted by molar-refractivity contribution is -0.122. The fourth-order valence-electron chi connectivity index (χ4n) is 3.97. The summed E-state index contributed by atoms with van der Waals surface area (Å²) in [7, 11) is 0. The van der Waals surface area contributed by atoms with Crippen LogP contribution in [-0.4, -0.2) is 84.3 Å². The van der Waals surface area contributed by atoms with Crippen molar-refractivity contribution in [3.8, 4) is 0 Å². The average Bonchev–Trinajstić information content (AvgIpc) is 3.52. The Bertz CT molecular complexity index is 1070. The number of nitrogens with zero attached hydrogens (tertiary/aromatic N) is 6. The number of carbonyl (C=O) groups is 3. The van der Waals surface area contributed by atoms with E-state index in [0.29, 0.717) is 42.8 Å². The third-order valence-corrected chi connectivity index (χ3v) is 5.54. The molecule has 2 aliphatic rings. The minimum absolute atomic E-state index is 0.0203. The Morgan fingerprint density at radius 3 is 2.45 bits per heavy atom. The summed E-state index contributed by atoms with van der Waals surface area (Å²) in [5.41, 5.74) is 2.54. The highest BCUT2D eigenvalue weighted by molar-refractivity contribution is 5.97. The number of fused-ring (bicyclic) bond motifs is 2. The molecule has 1 saturated heterocycles. The molecule has 162 valence electrons. The van der Waals surface area contributed by atoms with Gasteiger partial charge in [0.15, 0.2) is 0 Å². The summed E-state index contributed by atoms with van der Waals surface area (Å²) in [5, 5.41) is 17.5.